The Kier molecular flexibility index (Phi) is 7.08. The zero-order valence-corrected chi connectivity index (χ0v) is 17.6. The highest BCUT2D eigenvalue weighted by Crippen LogP contribution is 2.23. The molecule has 0 heterocycles. The van der Waals surface area contributed by atoms with Crippen LogP contribution in [0.25, 0.3) is 0 Å². The van der Waals surface area contributed by atoms with E-state index in [0.29, 0.717) is 11.4 Å². The smallest absolute Gasteiger partial charge is 0.262 e. The molecule has 1 amide bonds. The number of hydrogen-bond donors (Lipinski definition) is 1. The van der Waals surface area contributed by atoms with Crippen molar-refractivity contribution in [3.05, 3.63) is 115 Å². The largest absolute Gasteiger partial charge is 0.484 e. The first-order chi connectivity index (χ1) is 16.1. The second kappa shape index (κ2) is 10.7. The summed E-state index contributed by atoms with van der Waals surface area (Å²) in [7, 11) is 0. The Labute approximate surface area is 191 Å². The van der Waals surface area contributed by atoms with E-state index in [2.05, 4.69) is 10.3 Å². The van der Waals surface area contributed by atoms with E-state index in [1.807, 2.05) is 66.7 Å². The molecule has 0 aliphatic rings. The van der Waals surface area contributed by atoms with Gasteiger partial charge >= 0.3 is 0 Å². The maximum Gasteiger partial charge on any atom is 0.262 e. The van der Waals surface area contributed by atoms with Gasteiger partial charge in [-0.25, -0.2) is 4.39 Å². The molecule has 5 nitrogen and oxygen atoms in total. The van der Waals surface area contributed by atoms with Gasteiger partial charge in [0.05, 0.1) is 5.69 Å². The maximum atomic E-state index is 12.9. The van der Waals surface area contributed by atoms with Gasteiger partial charge in [-0.05, 0) is 90.5 Å². The minimum absolute atomic E-state index is 0.151. The second-order valence-electron chi connectivity index (χ2n) is 7.08. The van der Waals surface area contributed by atoms with Crippen LogP contribution < -0.4 is 14.8 Å². The van der Waals surface area contributed by atoms with Crippen molar-refractivity contribution in [3.8, 4) is 17.2 Å². The molecule has 33 heavy (non-hydrogen) atoms. The number of rotatable bonds is 8. The highest BCUT2D eigenvalue weighted by atomic mass is 19.1. The van der Waals surface area contributed by atoms with Crippen molar-refractivity contribution in [1.82, 2.24) is 0 Å². The molecule has 0 aromatic heterocycles. The first-order valence-electron chi connectivity index (χ1n) is 10.3. The van der Waals surface area contributed by atoms with Gasteiger partial charge in [0.2, 0.25) is 0 Å². The van der Waals surface area contributed by atoms with Crippen LogP contribution in [0, 0.1) is 5.82 Å². The Hall–Kier alpha value is -4.45. The fraction of sp³-hybridized carbons (Fsp3) is 0.0370. The first-order valence-corrected chi connectivity index (χ1v) is 10.3. The summed E-state index contributed by atoms with van der Waals surface area (Å²) in [5.41, 5.74) is 2.20. The normalized spacial score (nSPS) is 10.7. The topological polar surface area (TPSA) is 59.9 Å². The van der Waals surface area contributed by atoms with Gasteiger partial charge in [0.15, 0.2) is 6.61 Å². The van der Waals surface area contributed by atoms with Gasteiger partial charge in [0.25, 0.3) is 5.91 Å². The van der Waals surface area contributed by atoms with Crippen LogP contribution in [0.3, 0.4) is 0 Å². The van der Waals surface area contributed by atoms with Gasteiger partial charge in [-0.15, -0.1) is 0 Å². The van der Waals surface area contributed by atoms with Gasteiger partial charge in [0, 0.05) is 11.9 Å². The number of carbonyl (C=O) groups is 1. The summed E-state index contributed by atoms with van der Waals surface area (Å²) < 4.78 is 24.2. The summed E-state index contributed by atoms with van der Waals surface area (Å²) in [6.07, 6.45) is 1.75. The highest BCUT2D eigenvalue weighted by Gasteiger charge is 2.04. The van der Waals surface area contributed by atoms with Crippen molar-refractivity contribution in [2.45, 2.75) is 0 Å². The number of anilines is 1. The van der Waals surface area contributed by atoms with Crippen LogP contribution in [0.2, 0.25) is 0 Å². The van der Waals surface area contributed by atoms with Crippen molar-refractivity contribution in [2.24, 2.45) is 4.99 Å². The summed E-state index contributed by atoms with van der Waals surface area (Å²) in [6, 6.07) is 29.9. The molecule has 0 spiro atoms. The molecule has 0 atom stereocenters. The van der Waals surface area contributed by atoms with Crippen molar-refractivity contribution in [1.29, 1.82) is 0 Å². The van der Waals surface area contributed by atoms with Crippen LogP contribution in [0.5, 0.6) is 17.2 Å². The van der Waals surface area contributed by atoms with Crippen LogP contribution in [-0.4, -0.2) is 18.7 Å². The number of aliphatic imine (C=N–C) groups is 1. The van der Waals surface area contributed by atoms with Crippen LogP contribution in [0.1, 0.15) is 5.56 Å². The van der Waals surface area contributed by atoms with E-state index in [9.17, 15) is 9.18 Å². The van der Waals surface area contributed by atoms with Crippen molar-refractivity contribution in [2.75, 3.05) is 11.9 Å². The summed E-state index contributed by atoms with van der Waals surface area (Å²) >= 11 is 0. The molecule has 4 aromatic carbocycles. The number of ether oxygens (including phenoxy) is 2. The lowest BCUT2D eigenvalue weighted by atomic mass is 10.2. The average Bonchev–Trinajstić information content (AvgIpc) is 2.85. The fourth-order valence-corrected chi connectivity index (χ4v) is 2.90. The zero-order chi connectivity index (χ0) is 22.9. The van der Waals surface area contributed by atoms with Gasteiger partial charge in [-0.3, -0.25) is 9.79 Å². The Balaban J connectivity index is 1.26. The van der Waals surface area contributed by atoms with Gasteiger partial charge in [-0.2, -0.15) is 0 Å². The third-order valence-corrected chi connectivity index (χ3v) is 4.56. The fourth-order valence-electron chi connectivity index (χ4n) is 2.90. The quantitative estimate of drug-likeness (QED) is 0.323. The van der Waals surface area contributed by atoms with Gasteiger partial charge in [0.1, 0.15) is 23.1 Å². The number of amides is 1. The third kappa shape index (κ3) is 6.77. The Morgan fingerprint density at radius 2 is 1.42 bits per heavy atom. The van der Waals surface area contributed by atoms with Crippen LogP contribution in [0.4, 0.5) is 15.8 Å². The number of halogens is 1. The number of nitrogens with one attached hydrogen (secondary N) is 1. The van der Waals surface area contributed by atoms with E-state index in [-0.39, 0.29) is 18.3 Å². The minimum atomic E-state index is -0.359. The van der Waals surface area contributed by atoms with E-state index in [1.54, 1.807) is 18.3 Å². The van der Waals surface area contributed by atoms with E-state index in [1.165, 1.54) is 24.3 Å². The molecule has 0 aliphatic carbocycles. The van der Waals surface area contributed by atoms with Crippen LogP contribution >= 0.6 is 0 Å². The van der Waals surface area contributed by atoms with Gasteiger partial charge in [-0.1, -0.05) is 18.2 Å². The number of para-hydroxylation sites is 1. The lowest BCUT2D eigenvalue weighted by Crippen LogP contribution is -2.20. The molecular formula is C27H21FN2O3. The molecule has 0 unspecified atom stereocenters. The first kappa shape index (κ1) is 21.8. The Morgan fingerprint density at radius 3 is 2.12 bits per heavy atom. The summed E-state index contributed by atoms with van der Waals surface area (Å²) in [5, 5.41) is 2.65. The Morgan fingerprint density at radius 1 is 0.788 bits per heavy atom. The lowest BCUT2D eigenvalue weighted by Gasteiger charge is -2.07. The average molecular weight is 440 g/mol. The molecule has 0 fully saturated rings. The summed E-state index contributed by atoms with van der Waals surface area (Å²) in [5.74, 6) is 1.40. The molecule has 164 valence electrons. The van der Waals surface area contributed by atoms with Crippen molar-refractivity contribution < 1.29 is 18.7 Å². The number of benzene rings is 4. The molecule has 0 radical (unpaired) electrons. The number of hydrogen-bond acceptors (Lipinski definition) is 4. The molecular weight excluding hydrogens is 419 g/mol. The summed E-state index contributed by atoms with van der Waals surface area (Å²) in [6.45, 7) is -0.151. The molecule has 0 saturated carbocycles. The Bertz CT molecular complexity index is 1210. The molecule has 0 saturated heterocycles. The van der Waals surface area contributed by atoms with Crippen LogP contribution in [0.15, 0.2) is 108 Å². The predicted molar refractivity (Wildman–Crippen MR) is 127 cm³/mol. The maximum absolute atomic E-state index is 12.9. The van der Waals surface area contributed by atoms with E-state index < -0.39 is 0 Å². The standard InChI is InChI=1S/C27H21FN2O3/c28-21-8-10-23(11-9-21)30-27(31)19-32-24-14-6-20(7-15-24)18-29-22-12-16-26(17-13-22)33-25-4-2-1-3-5-25/h1-18H,19H2,(H,30,31). The molecule has 6 heteroatoms. The molecule has 4 rings (SSSR count). The molecule has 0 aliphatic heterocycles. The molecule has 4 aromatic rings. The minimum Gasteiger partial charge on any atom is -0.484 e. The van der Waals surface area contributed by atoms with E-state index in [4.69, 9.17) is 9.47 Å². The number of carbonyl (C=O) groups excluding carboxylic acids is 1. The van der Waals surface area contributed by atoms with Crippen molar-refractivity contribution in [3.63, 3.8) is 0 Å². The second-order valence-corrected chi connectivity index (χ2v) is 7.08. The lowest BCUT2D eigenvalue weighted by molar-refractivity contribution is -0.118. The highest BCUT2D eigenvalue weighted by molar-refractivity contribution is 5.91. The van der Waals surface area contributed by atoms with E-state index >= 15 is 0 Å². The number of nitrogens with zero attached hydrogens (tertiary/aromatic N) is 1. The molecule has 0 bridgehead atoms. The van der Waals surface area contributed by atoms with E-state index in [0.717, 1.165) is 22.7 Å². The monoisotopic (exact) mass is 440 g/mol. The van der Waals surface area contributed by atoms with Gasteiger partial charge < -0.3 is 14.8 Å². The van der Waals surface area contributed by atoms with Crippen LogP contribution in [-0.2, 0) is 4.79 Å². The third-order valence-electron chi connectivity index (χ3n) is 4.56. The zero-order valence-electron chi connectivity index (χ0n) is 17.6. The van der Waals surface area contributed by atoms with Crippen molar-refractivity contribution >= 4 is 23.5 Å². The molecule has 1 N–H and O–H groups in total. The summed E-state index contributed by atoms with van der Waals surface area (Å²) in [4.78, 5) is 16.4. The predicted octanol–water partition coefficient (Wildman–Crippen LogP) is 6.39. The SMILES string of the molecule is O=C(COc1ccc(C=Nc2ccc(Oc3ccccc3)cc2)cc1)Nc1ccc(F)cc1.